The van der Waals surface area contributed by atoms with Gasteiger partial charge in [0.15, 0.2) is 5.60 Å². The van der Waals surface area contributed by atoms with E-state index in [1.54, 1.807) is 13.8 Å². The van der Waals surface area contributed by atoms with E-state index in [4.69, 9.17) is 4.74 Å². The van der Waals surface area contributed by atoms with Crippen LogP contribution in [0.3, 0.4) is 0 Å². The third kappa shape index (κ3) is 4.49. The van der Waals surface area contributed by atoms with E-state index in [9.17, 15) is 9.18 Å². The van der Waals surface area contributed by atoms with Gasteiger partial charge in [0.05, 0.1) is 0 Å². The summed E-state index contributed by atoms with van der Waals surface area (Å²) in [6.07, 6.45) is 0. The lowest BCUT2D eigenvalue weighted by Gasteiger charge is -2.25. The lowest BCUT2D eigenvalue weighted by Crippen LogP contribution is -2.46. The van der Waals surface area contributed by atoms with Crippen LogP contribution in [0.15, 0.2) is 35.3 Å². The summed E-state index contributed by atoms with van der Waals surface area (Å²) in [6, 6.07) is 5.52. The summed E-state index contributed by atoms with van der Waals surface area (Å²) in [5.41, 5.74) is -1.04. The van der Waals surface area contributed by atoms with E-state index in [1.807, 2.05) is 0 Å². The van der Waals surface area contributed by atoms with Crippen molar-refractivity contribution in [2.45, 2.75) is 19.4 Å². The van der Waals surface area contributed by atoms with Gasteiger partial charge in [0, 0.05) is 11.0 Å². The molecule has 1 rings (SSSR count). The number of rotatable bonds is 5. The highest BCUT2D eigenvalue weighted by molar-refractivity contribution is 9.11. The Balaban J connectivity index is 2.65. The smallest absolute Gasteiger partial charge is 0.263 e. The van der Waals surface area contributed by atoms with E-state index in [0.717, 1.165) is 0 Å². The molecule has 5 heteroatoms. The highest BCUT2D eigenvalue weighted by Crippen LogP contribution is 2.19. The van der Waals surface area contributed by atoms with Gasteiger partial charge in [-0.2, -0.15) is 0 Å². The number of benzene rings is 1. The minimum absolute atomic E-state index is 0.271. The predicted octanol–water partition coefficient (Wildman–Crippen LogP) is 3.01. The summed E-state index contributed by atoms with van der Waals surface area (Å²) >= 11 is 3.15. The molecule has 1 aromatic rings. The zero-order chi connectivity index (χ0) is 13.8. The fourth-order valence-corrected chi connectivity index (χ4v) is 1.37. The standard InChI is InChI=1S/C13H15BrFNO2/c1-9(14)8-16-12(17)13(2,3)18-11-6-4-10(15)5-7-11/h4-7H,1,8H2,2-3H3,(H,16,17). The Labute approximate surface area is 114 Å². The Hall–Kier alpha value is -1.36. The summed E-state index contributed by atoms with van der Waals surface area (Å²) in [6.45, 7) is 7.23. The molecule has 3 nitrogen and oxygen atoms in total. The largest absolute Gasteiger partial charge is 0.478 e. The minimum atomic E-state index is -1.04. The first-order valence-corrected chi connectivity index (χ1v) is 6.17. The first-order chi connectivity index (χ1) is 8.31. The van der Waals surface area contributed by atoms with Crippen LogP contribution in [-0.4, -0.2) is 18.1 Å². The van der Waals surface area contributed by atoms with Crippen LogP contribution in [0.25, 0.3) is 0 Å². The maximum absolute atomic E-state index is 12.7. The molecule has 0 saturated carbocycles. The average molecular weight is 316 g/mol. The van der Waals surface area contributed by atoms with Crippen molar-refractivity contribution in [2.24, 2.45) is 0 Å². The molecular formula is C13H15BrFNO2. The SMILES string of the molecule is C=C(Br)CNC(=O)C(C)(C)Oc1ccc(F)cc1. The molecule has 0 saturated heterocycles. The number of hydrogen-bond donors (Lipinski definition) is 1. The highest BCUT2D eigenvalue weighted by atomic mass is 79.9. The number of ether oxygens (including phenoxy) is 1. The summed E-state index contributed by atoms with van der Waals surface area (Å²) in [4.78, 5) is 11.9. The molecule has 1 aromatic carbocycles. The Morgan fingerprint density at radius 3 is 2.50 bits per heavy atom. The van der Waals surface area contributed by atoms with E-state index >= 15 is 0 Å². The fraction of sp³-hybridized carbons (Fsp3) is 0.308. The molecule has 1 N–H and O–H groups in total. The average Bonchev–Trinajstić information content (AvgIpc) is 2.28. The van der Waals surface area contributed by atoms with Crippen molar-refractivity contribution in [3.8, 4) is 5.75 Å². The number of nitrogens with one attached hydrogen (secondary N) is 1. The normalized spacial score (nSPS) is 10.9. The van der Waals surface area contributed by atoms with E-state index in [1.165, 1.54) is 24.3 Å². The Morgan fingerprint density at radius 2 is 2.00 bits per heavy atom. The fourth-order valence-electron chi connectivity index (χ4n) is 1.23. The van der Waals surface area contributed by atoms with Gasteiger partial charge in [0.2, 0.25) is 0 Å². The van der Waals surface area contributed by atoms with Crippen LogP contribution in [0.5, 0.6) is 5.75 Å². The van der Waals surface area contributed by atoms with Crippen LogP contribution in [0.2, 0.25) is 0 Å². The number of halogens is 2. The van der Waals surface area contributed by atoms with Crippen LogP contribution in [0.4, 0.5) is 4.39 Å². The third-order valence-electron chi connectivity index (χ3n) is 2.17. The molecule has 0 atom stereocenters. The van der Waals surface area contributed by atoms with Gasteiger partial charge in [-0.25, -0.2) is 4.39 Å². The molecule has 0 fully saturated rings. The van der Waals surface area contributed by atoms with Gasteiger partial charge in [-0.15, -0.1) is 0 Å². The van der Waals surface area contributed by atoms with Crippen molar-refractivity contribution in [3.63, 3.8) is 0 Å². The third-order valence-corrected chi connectivity index (χ3v) is 2.45. The van der Waals surface area contributed by atoms with Crippen molar-refractivity contribution < 1.29 is 13.9 Å². The quantitative estimate of drug-likeness (QED) is 0.907. The molecule has 0 aromatic heterocycles. The number of carbonyl (C=O) groups is 1. The lowest BCUT2D eigenvalue weighted by atomic mass is 10.1. The molecular weight excluding hydrogens is 301 g/mol. The topological polar surface area (TPSA) is 38.3 Å². The lowest BCUT2D eigenvalue weighted by molar-refractivity contribution is -0.133. The van der Waals surface area contributed by atoms with Gasteiger partial charge >= 0.3 is 0 Å². The number of hydrogen-bond acceptors (Lipinski definition) is 2. The van der Waals surface area contributed by atoms with Crippen molar-refractivity contribution in [1.29, 1.82) is 0 Å². The highest BCUT2D eigenvalue weighted by Gasteiger charge is 2.29. The van der Waals surface area contributed by atoms with Crippen LogP contribution in [0, 0.1) is 5.82 Å². The molecule has 0 heterocycles. The molecule has 0 spiro atoms. The summed E-state index contributed by atoms with van der Waals surface area (Å²) in [5, 5.41) is 2.67. The van der Waals surface area contributed by atoms with Gasteiger partial charge in [0.25, 0.3) is 5.91 Å². The maximum atomic E-state index is 12.7. The summed E-state index contributed by atoms with van der Waals surface area (Å²) in [7, 11) is 0. The predicted molar refractivity (Wildman–Crippen MR) is 72.2 cm³/mol. The second kappa shape index (κ2) is 6.00. The Bertz CT molecular complexity index is 443. The van der Waals surface area contributed by atoms with E-state index in [2.05, 4.69) is 27.8 Å². The molecule has 0 bridgehead atoms. The first kappa shape index (κ1) is 14.7. The van der Waals surface area contributed by atoms with Gasteiger partial charge in [-0.3, -0.25) is 4.79 Å². The van der Waals surface area contributed by atoms with E-state index in [-0.39, 0.29) is 11.7 Å². The second-order valence-electron chi connectivity index (χ2n) is 4.27. The molecule has 1 amide bonds. The Kier molecular flexibility index (Phi) is 4.90. The van der Waals surface area contributed by atoms with Crippen LogP contribution < -0.4 is 10.1 Å². The second-order valence-corrected chi connectivity index (χ2v) is 5.39. The van der Waals surface area contributed by atoms with Crippen molar-refractivity contribution in [2.75, 3.05) is 6.54 Å². The van der Waals surface area contributed by atoms with Crippen LogP contribution in [-0.2, 0) is 4.79 Å². The van der Waals surface area contributed by atoms with Gasteiger partial charge in [-0.1, -0.05) is 22.5 Å². The van der Waals surface area contributed by atoms with Gasteiger partial charge in [0.1, 0.15) is 11.6 Å². The summed E-state index contributed by atoms with van der Waals surface area (Å²) in [5.74, 6) is -0.179. The molecule has 18 heavy (non-hydrogen) atoms. The minimum Gasteiger partial charge on any atom is -0.478 e. The molecule has 0 unspecified atom stereocenters. The molecule has 0 aliphatic carbocycles. The number of amides is 1. The van der Waals surface area contributed by atoms with Crippen molar-refractivity contribution >= 4 is 21.8 Å². The zero-order valence-corrected chi connectivity index (χ0v) is 11.9. The Morgan fingerprint density at radius 1 is 1.44 bits per heavy atom. The maximum Gasteiger partial charge on any atom is 0.263 e. The zero-order valence-electron chi connectivity index (χ0n) is 10.3. The van der Waals surface area contributed by atoms with E-state index < -0.39 is 5.60 Å². The van der Waals surface area contributed by atoms with Crippen molar-refractivity contribution in [3.05, 3.63) is 41.1 Å². The molecule has 0 radical (unpaired) electrons. The number of carbonyl (C=O) groups excluding carboxylic acids is 1. The van der Waals surface area contributed by atoms with Gasteiger partial charge < -0.3 is 10.1 Å². The molecule has 0 aliphatic rings. The first-order valence-electron chi connectivity index (χ1n) is 5.37. The van der Waals surface area contributed by atoms with E-state index in [0.29, 0.717) is 16.8 Å². The monoisotopic (exact) mass is 315 g/mol. The summed E-state index contributed by atoms with van der Waals surface area (Å²) < 4.78 is 18.9. The van der Waals surface area contributed by atoms with Gasteiger partial charge in [-0.05, 0) is 38.1 Å². The van der Waals surface area contributed by atoms with Crippen molar-refractivity contribution in [1.82, 2.24) is 5.32 Å². The molecule has 98 valence electrons. The molecule has 0 aliphatic heterocycles. The van der Waals surface area contributed by atoms with Crippen LogP contribution >= 0.6 is 15.9 Å². The van der Waals surface area contributed by atoms with Crippen LogP contribution in [0.1, 0.15) is 13.8 Å².